The maximum absolute atomic E-state index is 12.1. The smallest absolute Gasteiger partial charge is 0.241 e. The number of hydrogen-bond acceptors (Lipinski definition) is 4. The van der Waals surface area contributed by atoms with Gasteiger partial charge in [0.1, 0.15) is 17.2 Å². The molecule has 136 valence electrons. The van der Waals surface area contributed by atoms with Gasteiger partial charge in [0, 0.05) is 11.8 Å². The first kappa shape index (κ1) is 20.8. The van der Waals surface area contributed by atoms with Crippen molar-refractivity contribution in [2.45, 2.75) is 26.8 Å². The lowest BCUT2D eigenvalue weighted by atomic mass is 9.87. The van der Waals surface area contributed by atoms with Crippen molar-refractivity contribution in [2.24, 2.45) is 11.1 Å². The van der Waals surface area contributed by atoms with Crippen LogP contribution < -0.4 is 20.5 Å². The van der Waals surface area contributed by atoms with Gasteiger partial charge in [0.05, 0.1) is 13.2 Å². The summed E-state index contributed by atoms with van der Waals surface area (Å²) in [7, 11) is 1.61. The lowest BCUT2D eigenvalue weighted by molar-refractivity contribution is -0.119. The SMILES string of the molecule is COc1cccc(Oc2ccc(NC(=O)[C@@H](N)C(C)(C)C)cc2)c1.Cl. The molecule has 0 fully saturated rings. The molecule has 2 aromatic carbocycles. The molecule has 0 aromatic heterocycles. The second-order valence-corrected chi connectivity index (χ2v) is 6.64. The van der Waals surface area contributed by atoms with Crippen LogP contribution in [0.2, 0.25) is 0 Å². The van der Waals surface area contributed by atoms with Crippen LogP contribution in [-0.2, 0) is 4.79 Å². The summed E-state index contributed by atoms with van der Waals surface area (Å²) in [4.78, 5) is 12.1. The van der Waals surface area contributed by atoms with Crippen LogP contribution in [0.15, 0.2) is 48.5 Å². The summed E-state index contributed by atoms with van der Waals surface area (Å²) in [5.41, 5.74) is 6.34. The topological polar surface area (TPSA) is 73.6 Å². The number of carbonyl (C=O) groups is 1. The monoisotopic (exact) mass is 364 g/mol. The second kappa shape index (κ2) is 8.74. The zero-order chi connectivity index (χ0) is 17.7. The van der Waals surface area contributed by atoms with Gasteiger partial charge in [0.2, 0.25) is 5.91 Å². The van der Waals surface area contributed by atoms with Crippen molar-refractivity contribution >= 4 is 24.0 Å². The molecule has 0 radical (unpaired) electrons. The second-order valence-electron chi connectivity index (χ2n) is 6.64. The Morgan fingerprint density at radius 2 is 1.64 bits per heavy atom. The van der Waals surface area contributed by atoms with Gasteiger partial charge in [-0.3, -0.25) is 4.79 Å². The van der Waals surface area contributed by atoms with E-state index in [-0.39, 0.29) is 23.7 Å². The van der Waals surface area contributed by atoms with E-state index < -0.39 is 6.04 Å². The molecule has 2 rings (SSSR count). The molecule has 0 aliphatic heterocycles. The minimum Gasteiger partial charge on any atom is -0.497 e. The van der Waals surface area contributed by atoms with Gasteiger partial charge in [-0.1, -0.05) is 26.8 Å². The Bertz CT molecular complexity index is 697. The quantitative estimate of drug-likeness (QED) is 0.833. The Morgan fingerprint density at radius 3 is 2.20 bits per heavy atom. The number of amides is 1. The highest BCUT2D eigenvalue weighted by molar-refractivity contribution is 5.95. The zero-order valence-corrected chi connectivity index (χ0v) is 15.7. The van der Waals surface area contributed by atoms with Crippen LogP contribution in [0, 0.1) is 5.41 Å². The highest BCUT2D eigenvalue weighted by Crippen LogP contribution is 2.26. The summed E-state index contributed by atoms with van der Waals surface area (Å²) >= 11 is 0. The maximum atomic E-state index is 12.1. The molecular formula is C19H25ClN2O3. The van der Waals surface area contributed by atoms with Gasteiger partial charge in [0.25, 0.3) is 0 Å². The highest BCUT2D eigenvalue weighted by Gasteiger charge is 2.27. The number of anilines is 1. The van der Waals surface area contributed by atoms with Crippen LogP contribution >= 0.6 is 12.4 Å². The first-order chi connectivity index (χ1) is 11.3. The number of benzene rings is 2. The van der Waals surface area contributed by atoms with E-state index in [4.69, 9.17) is 15.2 Å². The summed E-state index contributed by atoms with van der Waals surface area (Å²) in [5, 5.41) is 2.82. The third-order valence-corrected chi connectivity index (χ3v) is 3.61. The van der Waals surface area contributed by atoms with Crippen molar-refractivity contribution in [3.8, 4) is 17.2 Å². The van der Waals surface area contributed by atoms with Crippen LogP contribution in [-0.4, -0.2) is 19.1 Å². The van der Waals surface area contributed by atoms with Crippen molar-refractivity contribution in [1.29, 1.82) is 0 Å². The molecule has 2 aromatic rings. The fourth-order valence-electron chi connectivity index (χ4n) is 2.02. The normalized spacial score (nSPS) is 11.9. The molecule has 0 aliphatic carbocycles. The summed E-state index contributed by atoms with van der Waals surface area (Å²) in [6.45, 7) is 5.80. The Balaban J connectivity index is 0.00000312. The molecule has 0 saturated heterocycles. The molecule has 0 unspecified atom stereocenters. The molecule has 0 spiro atoms. The van der Waals surface area contributed by atoms with Crippen molar-refractivity contribution in [3.63, 3.8) is 0 Å². The molecule has 3 N–H and O–H groups in total. The fraction of sp³-hybridized carbons (Fsp3) is 0.316. The summed E-state index contributed by atoms with van der Waals surface area (Å²) < 4.78 is 10.9. The number of rotatable bonds is 5. The zero-order valence-electron chi connectivity index (χ0n) is 14.9. The number of hydrogen-bond donors (Lipinski definition) is 2. The van der Waals surface area contributed by atoms with Crippen molar-refractivity contribution in [1.82, 2.24) is 0 Å². The van der Waals surface area contributed by atoms with E-state index in [1.165, 1.54) is 0 Å². The number of nitrogens with one attached hydrogen (secondary N) is 1. The molecule has 0 saturated carbocycles. The third-order valence-electron chi connectivity index (χ3n) is 3.61. The standard InChI is InChI=1S/C19H24N2O3.ClH/c1-19(2,3)17(20)18(22)21-13-8-10-14(11-9-13)24-16-7-5-6-15(12-16)23-4;/h5-12,17H,20H2,1-4H3,(H,21,22);1H/t17-;/m1./s1. The van der Waals surface area contributed by atoms with E-state index >= 15 is 0 Å². The van der Waals surface area contributed by atoms with Gasteiger partial charge in [-0.15, -0.1) is 12.4 Å². The van der Waals surface area contributed by atoms with Gasteiger partial charge >= 0.3 is 0 Å². The molecule has 0 heterocycles. The minimum absolute atomic E-state index is 0. The van der Waals surface area contributed by atoms with Crippen LogP contribution in [0.25, 0.3) is 0 Å². The first-order valence-electron chi connectivity index (χ1n) is 7.78. The largest absolute Gasteiger partial charge is 0.497 e. The van der Waals surface area contributed by atoms with Crippen molar-refractivity contribution in [3.05, 3.63) is 48.5 Å². The van der Waals surface area contributed by atoms with Crippen molar-refractivity contribution < 1.29 is 14.3 Å². The van der Waals surface area contributed by atoms with E-state index in [1.54, 1.807) is 37.4 Å². The van der Waals surface area contributed by atoms with Gasteiger partial charge < -0.3 is 20.5 Å². The third kappa shape index (κ3) is 5.96. The average Bonchev–Trinajstić information content (AvgIpc) is 2.55. The van der Waals surface area contributed by atoms with E-state index in [2.05, 4.69) is 5.32 Å². The van der Waals surface area contributed by atoms with E-state index in [9.17, 15) is 4.79 Å². The Labute approximate surface area is 154 Å². The Morgan fingerprint density at radius 1 is 1.04 bits per heavy atom. The van der Waals surface area contributed by atoms with Crippen LogP contribution in [0.1, 0.15) is 20.8 Å². The molecule has 1 atom stereocenters. The van der Waals surface area contributed by atoms with Crippen LogP contribution in [0.5, 0.6) is 17.2 Å². The number of methoxy groups -OCH3 is 1. The van der Waals surface area contributed by atoms with Crippen LogP contribution in [0.3, 0.4) is 0 Å². The molecule has 0 bridgehead atoms. The van der Waals surface area contributed by atoms with Crippen LogP contribution in [0.4, 0.5) is 5.69 Å². The van der Waals surface area contributed by atoms with Gasteiger partial charge in [-0.2, -0.15) is 0 Å². The number of carbonyl (C=O) groups excluding carboxylic acids is 1. The molecule has 0 aliphatic rings. The Kier molecular flexibility index (Phi) is 7.27. The van der Waals surface area contributed by atoms with Gasteiger partial charge in [-0.05, 0) is 41.8 Å². The molecular weight excluding hydrogens is 340 g/mol. The summed E-state index contributed by atoms with van der Waals surface area (Å²) in [6, 6.07) is 13.9. The predicted octanol–water partition coefficient (Wildman–Crippen LogP) is 4.22. The summed E-state index contributed by atoms with van der Waals surface area (Å²) in [5.74, 6) is 1.87. The van der Waals surface area contributed by atoms with E-state index in [0.29, 0.717) is 17.2 Å². The molecule has 1 amide bonds. The van der Waals surface area contributed by atoms with Crippen molar-refractivity contribution in [2.75, 3.05) is 12.4 Å². The average molecular weight is 365 g/mol. The number of ether oxygens (including phenoxy) is 2. The molecule has 25 heavy (non-hydrogen) atoms. The number of halogens is 1. The lowest BCUT2D eigenvalue weighted by Crippen LogP contribution is -2.45. The molecule has 5 nitrogen and oxygen atoms in total. The molecule has 6 heteroatoms. The first-order valence-corrected chi connectivity index (χ1v) is 7.78. The van der Waals surface area contributed by atoms with E-state index in [1.807, 2.05) is 39.0 Å². The van der Waals surface area contributed by atoms with Gasteiger partial charge in [0.15, 0.2) is 0 Å². The fourth-order valence-corrected chi connectivity index (χ4v) is 2.02. The highest BCUT2D eigenvalue weighted by atomic mass is 35.5. The van der Waals surface area contributed by atoms with Gasteiger partial charge in [-0.25, -0.2) is 0 Å². The van der Waals surface area contributed by atoms with E-state index in [0.717, 1.165) is 5.75 Å². The lowest BCUT2D eigenvalue weighted by Gasteiger charge is -2.25. The Hall–Kier alpha value is -2.24. The summed E-state index contributed by atoms with van der Waals surface area (Å²) in [6.07, 6.45) is 0. The minimum atomic E-state index is -0.579. The predicted molar refractivity (Wildman–Crippen MR) is 103 cm³/mol. The number of nitrogens with two attached hydrogens (primary N) is 1. The maximum Gasteiger partial charge on any atom is 0.241 e.